The van der Waals surface area contributed by atoms with Gasteiger partial charge in [0.15, 0.2) is 5.78 Å². The zero-order valence-corrected chi connectivity index (χ0v) is 20.1. The highest BCUT2D eigenvalue weighted by atomic mass is 16.1. The van der Waals surface area contributed by atoms with E-state index >= 15 is 0 Å². The molecule has 0 bridgehead atoms. The van der Waals surface area contributed by atoms with E-state index in [1.54, 1.807) is 4.80 Å². The first kappa shape index (κ1) is 20.9. The molecule has 0 spiro atoms. The van der Waals surface area contributed by atoms with E-state index < -0.39 is 0 Å². The number of hydrogen-bond donors (Lipinski definition) is 0. The smallest absolute Gasteiger partial charge is 0.159 e. The Balaban J connectivity index is 1.21. The highest BCUT2D eigenvalue weighted by Crippen LogP contribution is 2.67. The number of benzene rings is 1. The van der Waals surface area contributed by atoms with Crippen molar-refractivity contribution in [2.45, 2.75) is 85.1 Å². The molecule has 0 amide bonds. The van der Waals surface area contributed by atoms with Gasteiger partial charge in [-0.1, -0.05) is 39.3 Å². The Kier molecular flexibility index (Phi) is 4.82. The van der Waals surface area contributed by atoms with Crippen LogP contribution in [0, 0.1) is 46.3 Å². The van der Waals surface area contributed by atoms with Gasteiger partial charge in [-0.05, 0) is 104 Å². The van der Waals surface area contributed by atoms with Crippen LogP contribution in [0.25, 0.3) is 11.0 Å². The van der Waals surface area contributed by atoms with E-state index in [4.69, 9.17) is 0 Å². The highest BCUT2D eigenvalue weighted by molar-refractivity contribution is 5.82. The minimum Gasteiger partial charge on any atom is -0.297 e. The largest absolute Gasteiger partial charge is 0.297 e. The molecule has 2 aromatic rings. The maximum atomic E-state index is 13.5. The zero-order valence-electron chi connectivity index (χ0n) is 20.1. The average Bonchev–Trinajstić information content (AvgIpc) is 3.34. The molecule has 172 valence electrons. The van der Waals surface area contributed by atoms with Crippen molar-refractivity contribution in [1.82, 2.24) is 15.0 Å². The predicted octanol–water partition coefficient (Wildman–Crippen LogP) is 6.30. The van der Waals surface area contributed by atoms with Crippen LogP contribution in [-0.4, -0.2) is 20.8 Å². The standard InChI is InChI=1S/C28H39N3O/c1-18-12-14-27(2)19(16-18)8-9-20-21-10-11-23(28(21,3)15-13-22(20)27)26(32)17-31-29-24-6-4-5-7-25(24)30-31/h4-7,18-23H,8-17H2,1-3H3/t18-,19?,20-,21?,22?,23+,27-,28-/m0/s1. The van der Waals surface area contributed by atoms with Crippen LogP contribution in [0.3, 0.4) is 0 Å². The van der Waals surface area contributed by atoms with Crippen LogP contribution in [-0.2, 0) is 11.3 Å². The molecule has 8 atom stereocenters. The molecule has 4 heteroatoms. The number of carbonyl (C=O) groups is 1. The summed E-state index contributed by atoms with van der Waals surface area (Å²) >= 11 is 0. The fourth-order valence-electron chi connectivity index (χ4n) is 9.23. The molecule has 4 saturated carbocycles. The molecule has 0 aliphatic heterocycles. The summed E-state index contributed by atoms with van der Waals surface area (Å²) in [4.78, 5) is 15.2. The van der Waals surface area contributed by atoms with E-state index in [1.165, 1.54) is 51.4 Å². The molecule has 3 unspecified atom stereocenters. The Hall–Kier alpha value is -1.71. The lowest BCUT2D eigenvalue weighted by atomic mass is 9.44. The number of Topliss-reactive ketones (excluding diaryl/α,β-unsaturated/α-hetero) is 1. The minimum absolute atomic E-state index is 0.177. The average molecular weight is 434 g/mol. The van der Waals surface area contributed by atoms with Crippen molar-refractivity contribution < 1.29 is 4.79 Å². The molecule has 4 nitrogen and oxygen atoms in total. The van der Waals surface area contributed by atoms with Crippen LogP contribution in [0.5, 0.6) is 0 Å². The maximum Gasteiger partial charge on any atom is 0.159 e. The number of carbonyl (C=O) groups excluding carboxylic acids is 1. The third-order valence-electron chi connectivity index (χ3n) is 10.9. The molecule has 0 N–H and O–H groups in total. The summed E-state index contributed by atoms with van der Waals surface area (Å²) in [6.45, 7) is 7.91. The van der Waals surface area contributed by atoms with Crippen molar-refractivity contribution in [2.75, 3.05) is 0 Å². The summed E-state index contributed by atoms with van der Waals surface area (Å²) in [6, 6.07) is 7.90. The van der Waals surface area contributed by atoms with E-state index in [9.17, 15) is 4.79 Å². The molecular formula is C28H39N3O. The van der Waals surface area contributed by atoms with E-state index in [-0.39, 0.29) is 11.3 Å². The normalized spacial score (nSPS) is 43.5. The van der Waals surface area contributed by atoms with Gasteiger partial charge in [0.1, 0.15) is 17.6 Å². The molecule has 32 heavy (non-hydrogen) atoms. The number of aromatic nitrogens is 3. The van der Waals surface area contributed by atoms with E-state index in [2.05, 4.69) is 31.0 Å². The molecule has 0 saturated heterocycles. The summed E-state index contributed by atoms with van der Waals surface area (Å²) in [7, 11) is 0. The third kappa shape index (κ3) is 3.04. The Morgan fingerprint density at radius 3 is 2.38 bits per heavy atom. The quantitative estimate of drug-likeness (QED) is 0.571. The van der Waals surface area contributed by atoms with Crippen LogP contribution >= 0.6 is 0 Å². The second-order valence-corrected chi connectivity index (χ2v) is 12.4. The third-order valence-corrected chi connectivity index (χ3v) is 10.9. The van der Waals surface area contributed by atoms with E-state index in [0.29, 0.717) is 17.7 Å². The van der Waals surface area contributed by atoms with Crippen LogP contribution in [0.4, 0.5) is 0 Å². The number of fused-ring (bicyclic) bond motifs is 6. The lowest BCUT2D eigenvalue weighted by molar-refractivity contribution is -0.137. The van der Waals surface area contributed by atoms with Crippen LogP contribution in [0.1, 0.15) is 78.6 Å². The van der Waals surface area contributed by atoms with Gasteiger partial charge < -0.3 is 0 Å². The van der Waals surface area contributed by atoms with Crippen molar-refractivity contribution in [2.24, 2.45) is 46.3 Å². The molecule has 0 radical (unpaired) electrons. The Labute approximate surface area is 192 Å². The van der Waals surface area contributed by atoms with E-state index in [0.717, 1.165) is 47.0 Å². The SMILES string of the molecule is C[C@H]1CC[C@@]2(C)C(CC[C@@H]3C2CC[C@@]2(C)C3CC[C@@H]2C(=O)Cn2nc3ccccc3n2)C1. The van der Waals surface area contributed by atoms with Gasteiger partial charge in [-0.3, -0.25) is 4.79 Å². The molecular weight excluding hydrogens is 394 g/mol. The summed E-state index contributed by atoms with van der Waals surface area (Å²) < 4.78 is 0. The monoisotopic (exact) mass is 433 g/mol. The first-order valence-corrected chi connectivity index (χ1v) is 13.2. The maximum absolute atomic E-state index is 13.5. The summed E-state index contributed by atoms with van der Waals surface area (Å²) in [5.41, 5.74) is 2.49. The van der Waals surface area contributed by atoms with Gasteiger partial charge in [-0.15, -0.1) is 0 Å². The Morgan fingerprint density at radius 2 is 1.62 bits per heavy atom. The topological polar surface area (TPSA) is 47.8 Å². The lowest BCUT2D eigenvalue weighted by Crippen LogP contribution is -2.53. The van der Waals surface area contributed by atoms with Gasteiger partial charge >= 0.3 is 0 Å². The fourth-order valence-corrected chi connectivity index (χ4v) is 9.23. The predicted molar refractivity (Wildman–Crippen MR) is 127 cm³/mol. The Morgan fingerprint density at radius 1 is 0.938 bits per heavy atom. The molecule has 1 heterocycles. The molecule has 6 rings (SSSR count). The van der Waals surface area contributed by atoms with Crippen molar-refractivity contribution in [3.8, 4) is 0 Å². The second-order valence-electron chi connectivity index (χ2n) is 12.4. The number of nitrogens with zero attached hydrogens (tertiary/aromatic N) is 3. The lowest BCUT2D eigenvalue weighted by Gasteiger charge is -2.61. The van der Waals surface area contributed by atoms with Gasteiger partial charge in [-0.2, -0.15) is 15.0 Å². The van der Waals surface area contributed by atoms with Crippen LogP contribution in [0.2, 0.25) is 0 Å². The van der Waals surface area contributed by atoms with Gasteiger partial charge in [0, 0.05) is 5.92 Å². The summed E-state index contributed by atoms with van der Waals surface area (Å²) in [5.74, 6) is 4.86. The minimum atomic E-state index is 0.177. The van der Waals surface area contributed by atoms with Gasteiger partial charge in [0.05, 0.1) is 0 Å². The number of ketones is 1. The zero-order chi connectivity index (χ0) is 22.1. The molecule has 4 fully saturated rings. The van der Waals surface area contributed by atoms with Crippen molar-refractivity contribution in [3.05, 3.63) is 24.3 Å². The second kappa shape index (κ2) is 7.40. The van der Waals surface area contributed by atoms with Crippen molar-refractivity contribution in [3.63, 3.8) is 0 Å². The molecule has 1 aromatic carbocycles. The summed E-state index contributed by atoms with van der Waals surface area (Å²) in [5, 5.41) is 9.12. The van der Waals surface area contributed by atoms with Crippen LogP contribution < -0.4 is 0 Å². The molecule has 4 aliphatic carbocycles. The van der Waals surface area contributed by atoms with Crippen molar-refractivity contribution >= 4 is 16.8 Å². The molecule has 1 aromatic heterocycles. The van der Waals surface area contributed by atoms with Gasteiger partial charge in [0.2, 0.25) is 0 Å². The van der Waals surface area contributed by atoms with E-state index in [1.807, 2.05) is 24.3 Å². The highest BCUT2D eigenvalue weighted by Gasteiger charge is 2.60. The van der Waals surface area contributed by atoms with Crippen molar-refractivity contribution in [1.29, 1.82) is 0 Å². The van der Waals surface area contributed by atoms with Gasteiger partial charge in [0.25, 0.3) is 0 Å². The number of hydrogen-bond acceptors (Lipinski definition) is 3. The Bertz CT molecular complexity index is 996. The summed E-state index contributed by atoms with van der Waals surface area (Å²) in [6.07, 6.45) is 12.0. The first-order valence-electron chi connectivity index (χ1n) is 13.2. The fraction of sp³-hybridized carbons (Fsp3) is 0.750. The number of rotatable bonds is 3. The van der Waals surface area contributed by atoms with Crippen LogP contribution in [0.15, 0.2) is 24.3 Å². The van der Waals surface area contributed by atoms with Gasteiger partial charge in [-0.25, -0.2) is 0 Å². The first-order chi connectivity index (χ1) is 15.4. The molecule has 4 aliphatic rings.